The van der Waals surface area contributed by atoms with E-state index in [1.807, 2.05) is 11.9 Å². The van der Waals surface area contributed by atoms with Crippen LogP contribution in [0.3, 0.4) is 0 Å². The third kappa shape index (κ3) is 3.37. The molecule has 1 N–H and O–H groups in total. The first-order valence-electron chi connectivity index (χ1n) is 7.08. The SMILES string of the molecule is CN(C)C1CCN(C(=O)CC(O)c2nccn2C)CC1. The Bertz CT molecular complexity index is 450. The molecule has 2 rings (SSSR count). The molecule has 0 saturated carbocycles. The number of aliphatic hydroxyl groups is 1. The minimum Gasteiger partial charge on any atom is -0.385 e. The van der Waals surface area contributed by atoms with Gasteiger partial charge in [0.2, 0.25) is 5.91 Å². The number of rotatable bonds is 4. The molecule has 112 valence electrons. The Kier molecular flexibility index (Phi) is 4.77. The van der Waals surface area contributed by atoms with E-state index >= 15 is 0 Å². The first-order valence-corrected chi connectivity index (χ1v) is 7.08. The highest BCUT2D eigenvalue weighted by atomic mass is 16.3. The summed E-state index contributed by atoms with van der Waals surface area (Å²) in [4.78, 5) is 20.4. The molecule has 20 heavy (non-hydrogen) atoms. The molecule has 1 saturated heterocycles. The highest BCUT2D eigenvalue weighted by molar-refractivity contribution is 5.76. The molecule has 2 heterocycles. The Morgan fingerprint density at radius 2 is 2.15 bits per heavy atom. The van der Waals surface area contributed by atoms with Gasteiger partial charge in [0.15, 0.2) is 0 Å². The largest absolute Gasteiger partial charge is 0.385 e. The maximum Gasteiger partial charge on any atom is 0.225 e. The first-order chi connectivity index (χ1) is 9.49. The van der Waals surface area contributed by atoms with Gasteiger partial charge in [-0.3, -0.25) is 4.79 Å². The summed E-state index contributed by atoms with van der Waals surface area (Å²) in [6, 6.07) is 0.554. The van der Waals surface area contributed by atoms with E-state index in [1.54, 1.807) is 17.0 Å². The number of likely N-dealkylation sites (tertiary alicyclic amines) is 1. The average molecular weight is 280 g/mol. The predicted molar refractivity (Wildman–Crippen MR) is 76.1 cm³/mol. The summed E-state index contributed by atoms with van der Waals surface area (Å²) in [6.07, 6.45) is 4.68. The van der Waals surface area contributed by atoms with Gasteiger partial charge in [-0.1, -0.05) is 0 Å². The molecule has 1 aromatic rings. The summed E-state index contributed by atoms with van der Waals surface area (Å²) in [5.41, 5.74) is 0. The van der Waals surface area contributed by atoms with Crippen LogP contribution in [0.15, 0.2) is 12.4 Å². The molecule has 0 aliphatic carbocycles. The Labute approximate surface area is 120 Å². The first kappa shape index (κ1) is 15.0. The van der Waals surface area contributed by atoms with Gasteiger partial charge < -0.3 is 19.5 Å². The second-order valence-electron chi connectivity index (χ2n) is 5.69. The van der Waals surface area contributed by atoms with Gasteiger partial charge in [-0.15, -0.1) is 0 Å². The average Bonchev–Trinajstić information content (AvgIpc) is 2.85. The van der Waals surface area contributed by atoms with Crippen LogP contribution in [0.1, 0.15) is 31.2 Å². The summed E-state index contributed by atoms with van der Waals surface area (Å²) < 4.78 is 1.75. The number of aliphatic hydroxyl groups excluding tert-OH is 1. The Morgan fingerprint density at radius 1 is 1.50 bits per heavy atom. The van der Waals surface area contributed by atoms with Crippen molar-refractivity contribution in [2.75, 3.05) is 27.2 Å². The molecule has 1 aliphatic rings. The van der Waals surface area contributed by atoms with Crippen LogP contribution in [0, 0.1) is 0 Å². The number of aromatic nitrogens is 2. The second kappa shape index (κ2) is 6.37. The molecule has 1 fully saturated rings. The Morgan fingerprint density at radius 3 is 2.65 bits per heavy atom. The van der Waals surface area contributed by atoms with Gasteiger partial charge in [0.1, 0.15) is 11.9 Å². The van der Waals surface area contributed by atoms with E-state index in [4.69, 9.17) is 0 Å². The van der Waals surface area contributed by atoms with E-state index in [0.717, 1.165) is 25.9 Å². The van der Waals surface area contributed by atoms with Crippen molar-refractivity contribution in [3.63, 3.8) is 0 Å². The van der Waals surface area contributed by atoms with Crippen molar-refractivity contribution in [2.45, 2.75) is 31.4 Å². The molecule has 6 heteroatoms. The predicted octanol–water partition coefficient (Wildman–Crippen LogP) is 0.396. The molecule has 1 aromatic heterocycles. The van der Waals surface area contributed by atoms with Crippen LogP contribution in [0.5, 0.6) is 0 Å². The Hall–Kier alpha value is -1.40. The number of carbonyl (C=O) groups excluding carboxylic acids is 1. The fraction of sp³-hybridized carbons (Fsp3) is 0.714. The minimum atomic E-state index is -0.825. The maximum atomic E-state index is 12.2. The van der Waals surface area contributed by atoms with E-state index in [0.29, 0.717) is 11.9 Å². The smallest absolute Gasteiger partial charge is 0.225 e. The number of aryl methyl sites for hydroxylation is 1. The van der Waals surface area contributed by atoms with E-state index < -0.39 is 6.10 Å². The molecule has 1 aliphatic heterocycles. The number of hydrogen-bond donors (Lipinski definition) is 1. The van der Waals surface area contributed by atoms with Crippen molar-refractivity contribution in [3.05, 3.63) is 18.2 Å². The number of piperidine rings is 1. The lowest BCUT2D eigenvalue weighted by Crippen LogP contribution is -2.44. The van der Waals surface area contributed by atoms with Crippen molar-refractivity contribution in [1.82, 2.24) is 19.4 Å². The fourth-order valence-electron chi connectivity index (χ4n) is 2.72. The highest BCUT2D eigenvalue weighted by Gasteiger charge is 2.26. The number of imidazole rings is 1. The fourth-order valence-corrected chi connectivity index (χ4v) is 2.72. The number of nitrogens with zero attached hydrogens (tertiary/aromatic N) is 4. The summed E-state index contributed by atoms with van der Waals surface area (Å²) >= 11 is 0. The summed E-state index contributed by atoms with van der Waals surface area (Å²) in [7, 11) is 5.97. The van der Waals surface area contributed by atoms with Crippen LogP contribution in [0.25, 0.3) is 0 Å². The van der Waals surface area contributed by atoms with E-state index in [1.165, 1.54) is 0 Å². The minimum absolute atomic E-state index is 0.0118. The van der Waals surface area contributed by atoms with Crippen molar-refractivity contribution >= 4 is 5.91 Å². The van der Waals surface area contributed by atoms with E-state index in [9.17, 15) is 9.90 Å². The quantitative estimate of drug-likeness (QED) is 0.867. The second-order valence-corrected chi connectivity index (χ2v) is 5.69. The van der Waals surface area contributed by atoms with Gasteiger partial charge in [0.25, 0.3) is 0 Å². The highest BCUT2D eigenvalue weighted by Crippen LogP contribution is 2.19. The Balaban J connectivity index is 1.85. The zero-order valence-corrected chi connectivity index (χ0v) is 12.5. The topological polar surface area (TPSA) is 61.6 Å². The lowest BCUT2D eigenvalue weighted by molar-refractivity contribution is -0.135. The van der Waals surface area contributed by atoms with Gasteiger partial charge in [-0.25, -0.2) is 4.98 Å². The van der Waals surface area contributed by atoms with Crippen LogP contribution in [-0.2, 0) is 11.8 Å². The van der Waals surface area contributed by atoms with Gasteiger partial charge in [0.05, 0.1) is 6.42 Å². The molecule has 0 spiro atoms. The summed E-state index contributed by atoms with van der Waals surface area (Å²) in [6.45, 7) is 1.55. The molecule has 1 amide bonds. The third-order valence-electron chi connectivity index (χ3n) is 4.07. The molecule has 1 unspecified atom stereocenters. The van der Waals surface area contributed by atoms with Gasteiger partial charge in [-0.2, -0.15) is 0 Å². The lowest BCUT2D eigenvalue weighted by Gasteiger charge is -2.35. The monoisotopic (exact) mass is 280 g/mol. The van der Waals surface area contributed by atoms with Crippen LogP contribution in [0.4, 0.5) is 0 Å². The lowest BCUT2D eigenvalue weighted by atomic mass is 10.0. The summed E-state index contributed by atoms with van der Waals surface area (Å²) in [5.74, 6) is 0.555. The number of amides is 1. The molecule has 6 nitrogen and oxygen atoms in total. The van der Waals surface area contributed by atoms with Crippen LogP contribution >= 0.6 is 0 Å². The van der Waals surface area contributed by atoms with Gasteiger partial charge >= 0.3 is 0 Å². The normalized spacial score (nSPS) is 18.6. The molecular weight excluding hydrogens is 256 g/mol. The maximum absolute atomic E-state index is 12.2. The zero-order valence-electron chi connectivity index (χ0n) is 12.5. The van der Waals surface area contributed by atoms with E-state index in [2.05, 4.69) is 24.0 Å². The molecule has 0 aromatic carbocycles. The summed E-state index contributed by atoms with van der Waals surface area (Å²) in [5, 5.41) is 10.1. The van der Waals surface area contributed by atoms with Crippen molar-refractivity contribution in [2.24, 2.45) is 7.05 Å². The van der Waals surface area contributed by atoms with E-state index in [-0.39, 0.29) is 12.3 Å². The third-order valence-corrected chi connectivity index (χ3v) is 4.07. The van der Waals surface area contributed by atoms with Gasteiger partial charge in [0, 0.05) is 38.6 Å². The molecular formula is C14H24N4O2. The zero-order chi connectivity index (χ0) is 14.7. The van der Waals surface area contributed by atoms with Crippen molar-refractivity contribution in [3.8, 4) is 0 Å². The van der Waals surface area contributed by atoms with Crippen LogP contribution in [0.2, 0.25) is 0 Å². The molecule has 0 bridgehead atoms. The van der Waals surface area contributed by atoms with Crippen LogP contribution < -0.4 is 0 Å². The standard InChI is InChI=1S/C14H24N4O2/c1-16(2)11-4-7-18(8-5-11)13(20)10-12(19)14-15-6-9-17(14)3/h6,9,11-12,19H,4-5,7-8,10H2,1-3H3. The number of carbonyl (C=O) groups is 1. The number of hydrogen-bond acceptors (Lipinski definition) is 4. The van der Waals surface area contributed by atoms with Crippen molar-refractivity contribution in [1.29, 1.82) is 0 Å². The molecule has 1 atom stereocenters. The molecule has 0 radical (unpaired) electrons. The van der Waals surface area contributed by atoms with Crippen molar-refractivity contribution < 1.29 is 9.90 Å². The van der Waals surface area contributed by atoms with Crippen LogP contribution in [-0.4, -0.2) is 63.6 Å². The van der Waals surface area contributed by atoms with Gasteiger partial charge in [-0.05, 0) is 26.9 Å².